The number of hydrogen-bond acceptors (Lipinski definition) is 5. The van der Waals surface area contributed by atoms with Gasteiger partial charge in [-0.2, -0.15) is 0 Å². The van der Waals surface area contributed by atoms with Crippen molar-refractivity contribution in [3.63, 3.8) is 0 Å². The van der Waals surface area contributed by atoms with E-state index in [9.17, 15) is 15.0 Å². The van der Waals surface area contributed by atoms with Gasteiger partial charge in [-0.05, 0) is 42.7 Å². The van der Waals surface area contributed by atoms with E-state index in [1.165, 1.54) is 23.7 Å². The van der Waals surface area contributed by atoms with Crippen molar-refractivity contribution < 1.29 is 25.0 Å². The topological polar surface area (TPSA) is 99.0 Å². The van der Waals surface area contributed by atoms with E-state index >= 15 is 0 Å². The standard InChI is InChI=1S/C19H21NO5/c21-15-12-10-14(11-13-15)19(23)17(8-4-5-9-18(22)20-24)25-16-6-2-1-3-7-16/h1-3,5-7,9-13,17,19,21,23-24H,4,8H2,(H,20,22)/b9-5+/t17-,19-/m0/s1. The Morgan fingerprint density at radius 2 is 1.80 bits per heavy atom. The summed E-state index contributed by atoms with van der Waals surface area (Å²) >= 11 is 0. The van der Waals surface area contributed by atoms with E-state index in [4.69, 9.17) is 9.94 Å². The molecule has 0 radical (unpaired) electrons. The number of hydroxylamine groups is 1. The number of aliphatic hydroxyl groups is 1. The van der Waals surface area contributed by atoms with E-state index in [-0.39, 0.29) is 5.75 Å². The van der Waals surface area contributed by atoms with Crippen LogP contribution in [0.15, 0.2) is 66.7 Å². The van der Waals surface area contributed by atoms with Gasteiger partial charge in [0.1, 0.15) is 23.7 Å². The third-order valence-electron chi connectivity index (χ3n) is 3.61. The minimum atomic E-state index is -0.902. The molecule has 0 aromatic heterocycles. The molecule has 0 aliphatic rings. The van der Waals surface area contributed by atoms with Crippen LogP contribution in [0.25, 0.3) is 0 Å². The van der Waals surface area contributed by atoms with Crippen LogP contribution in [-0.4, -0.2) is 27.4 Å². The first-order chi connectivity index (χ1) is 12.1. The van der Waals surface area contributed by atoms with Crippen LogP contribution in [0.5, 0.6) is 11.5 Å². The molecule has 2 rings (SSSR count). The Kier molecular flexibility index (Phi) is 7.00. The van der Waals surface area contributed by atoms with Crippen LogP contribution in [0.3, 0.4) is 0 Å². The van der Waals surface area contributed by atoms with Gasteiger partial charge in [-0.1, -0.05) is 36.4 Å². The van der Waals surface area contributed by atoms with Crippen molar-refractivity contribution in [3.05, 3.63) is 72.3 Å². The van der Waals surface area contributed by atoms with Crippen LogP contribution in [0.1, 0.15) is 24.5 Å². The summed E-state index contributed by atoms with van der Waals surface area (Å²) in [7, 11) is 0. The number of carbonyl (C=O) groups excluding carboxylic acids is 1. The Morgan fingerprint density at radius 1 is 1.12 bits per heavy atom. The van der Waals surface area contributed by atoms with Gasteiger partial charge < -0.3 is 14.9 Å². The Bertz CT molecular complexity index is 685. The number of phenols is 1. The number of ether oxygens (including phenoxy) is 1. The van der Waals surface area contributed by atoms with Crippen molar-refractivity contribution in [2.45, 2.75) is 25.0 Å². The molecule has 0 saturated carbocycles. The number of allylic oxidation sites excluding steroid dienone is 1. The van der Waals surface area contributed by atoms with Crippen molar-refractivity contribution in [2.24, 2.45) is 0 Å². The largest absolute Gasteiger partial charge is 0.508 e. The van der Waals surface area contributed by atoms with Gasteiger partial charge >= 0.3 is 0 Å². The fraction of sp³-hybridized carbons (Fsp3) is 0.211. The maximum absolute atomic E-state index is 11.0. The van der Waals surface area contributed by atoms with Crippen LogP contribution in [0.2, 0.25) is 0 Å². The van der Waals surface area contributed by atoms with Gasteiger partial charge in [0.05, 0.1) is 0 Å². The van der Waals surface area contributed by atoms with E-state index in [1.54, 1.807) is 30.3 Å². The number of phenolic OH excluding ortho intramolecular Hbond substituents is 1. The fourth-order valence-corrected chi connectivity index (χ4v) is 2.33. The molecule has 25 heavy (non-hydrogen) atoms. The average Bonchev–Trinajstić information content (AvgIpc) is 2.64. The molecule has 4 N–H and O–H groups in total. The fourth-order valence-electron chi connectivity index (χ4n) is 2.33. The molecule has 132 valence electrons. The lowest BCUT2D eigenvalue weighted by Gasteiger charge is -2.24. The number of rotatable bonds is 8. The zero-order valence-electron chi connectivity index (χ0n) is 13.6. The Hall–Kier alpha value is -2.83. The van der Waals surface area contributed by atoms with Crippen molar-refractivity contribution in [2.75, 3.05) is 0 Å². The molecule has 6 nitrogen and oxygen atoms in total. The molecule has 0 aliphatic heterocycles. The molecule has 0 unspecified atom stereocenters. The summed E-state index contributed by atoms with van der Waals surface area (Å²) in [5, 5.41) is 28.5. The van der Waals surface area contributed by atoms with Crippen LogP contribution < -0.4 is 10.2 Å². The lowest BCUT2D eigenvalue weighted by atomic mass is 10.00. The summed E-state index contributed by atoms with van der Waals surface area (Å²) in [6.45, 7) is 0. The zero-order valence-corrected chi connectivity index (χ0v) is 13.6. The summed E-state index contributed by atoms with van der Waals surface area (Å²) < 4.78 is 5.90. The Labute approximate surface area is 146 Å². The van der Waals surface area contributed by atoms with Gasteiger partial charge in [0.2, 0.25) is 0 Å². The van der Waals surface area contributed by atoms with Crippen molar-refractivity contribution in [1.82, 2.24) is 5.48 Å². The van der Waals surface area contributed by atoms with Crippen LogP contribution >= 0.6 is 0 Å². The van der Waals surface area contributed by atoms with Gasteiger partial charge in [0.25, 0.3) is 5.91 Å². The van der Waals surface area contributed by atoms with E-state index < -0.39 is 18.1 Å². The predicted molar refractivity (Wildman–Crippen MR) is 92.2 cm³/mol. The highest BCUT2D eigenvalue weighted by Gasteiger charge is 2.22. The average molecular weight is 343 g/mol. The lowest BCUT2D eigenvalue weighted by molar-refractivity contribution is -0.124. The van der Waals surface area contributed by atoms with Gasteiger partial charge in [-0.15, -0.1) is 0 Å². The van der Waals surface area contributed by atoms with Gasteiger partial charge in [0, 0.05) is 6.08 Å². The molecule has 0 spiro atoms. The molecule has 0 saturated heterocycles. The molecule has 2 aromatic rings. The number of para-hydroxylation sites is 1. The van der Waals surface area contributed by atoms with E-state index in [0.29, 0.717) is 24.2 Å². The molecule has 1 amide bonds. The van der Waals surface area contributed by atoms with Crippen LogP contribution in [0.4, 0.5) is 0 Å². The third kappa shape index (κ3) is 5.95. The SMILES string of the molecule is O=C(/C=C/CC[C@H](Oc1ccccc1)[C@@H](O)c1ccc(O)cc1)NO. The maximum atomic E-state index is 11.0. The Balaban J connectivity index is 2.08. The second kappa shape index (κ2) is 9.46. The number of carbonyl (C=O) groups is 1. The number of aliphatic hydroxyl groups excluding tert-OH is 1. The van der Waals surface area contributed by atoms with Crippen molar-refractivity contribution in [1.29, 1.82) is 0 Å². The molecule has 2 atom stereocenters. The number of benzene rings is 2. The quantitative estimate of drug-likeness (QED) is 0.336. The van der Waals surface area contributed by atoms with Crippen LogP contribution in [0, 0.1) is 0 Å². The summed E-state index contributed by atoms with van der Waals surface area (Å²) in [4.78, 5) is 11.0. The minimum Gasteiger partial charge on any atom is -0.508 e. The highest BCUT2D eigenvalue weighted by atomic mass is 16.5. The first kappa shape index (κ1) is 18.5. The normalized spacial score (nSPS) is 13.4. The third-order valence-corrected chi connectivity index (χ3v) is 3.61. The molecular formula is C19H21NO5. The first-order valence-corrected chi connectivity index (χ1v) is 7.89. The second-order valence-electron chi connectivity index (χ2n) is 5.46. The number of nitrogens with one attached hydrogen (secondary N) is 1. The smallest absolute Gasteiger partial charge is 0.267 e. The molecule has 6 heteroatoms. The summed E-state index contributed by atoms with van der Waals surface area (Å²) in [6.07, 6.45) is 2.28. The van der Waals surface area contributed by atoms with Gasteiger partial charge in [-0.3, -0.25) is 10.0 Å². The molecule has 0 heterocycles. The molecule has 0 bridgehead atoms. The first-order valence-electron chi connectivity index (χ1n) is 7.89. The number of aromatic hydroxyl groups is 1. The molecule has 0 fully saturated rings. The molecule has 2 aromatic carbocycles. The highest BCUT2D eigenvalue weighted by Crippen LogP contribution is 2.26. The number of hydrogen-bond donors (Lipinski definition) is 4. The highest BCUT2D eigenvalue weighted by molar-refractivity contribution is 5.86. The van der Waals surface area contributed by atoms with E-state index in [2.05, 4.69) is 0 Å². The van der Waals surface area contributed by atoms with E-state index in [1.807, 2.05) is 18.2 Å². The molecular weight excluding hydrogens is 322 g/mol. The lowest BCUT2D eigenvalue weighted by Crippen LogP contribution is -2.25. The maximum Gasteiger partial charge on any atom is 0.267 e. The predicted octanol–water partition coefficient (Wildman–Crippen LogP) is 2.71. The molecule has 0 aliphatic carbocycles. The van der Waals surface area contributed by atoms with Crippen molar-refractivity contribution >= 4 is 5.91 Å². The summed E-state index contributed by atoms with van der Waals surface area (Å²) in [5.41, 5.74) is 2.14. The second-order valence-corrected chi connectivity index (χ2v) is 5.46. The summed E-state index contributed by atoms with van der Waals surface area (Å²) in [6, 6.07) is 15.4. The number of amides is 1. The zero-order chi connectivity index (χ0) is 18.1. The van der Waals surface area contributed by atoms with E-state index in [0.717, 1.165) is 0 Å². The Morgan fingerprint density at radius 3 is 2.44 bits per heavy atom. The monoisotopic (exact) mass is 343 g/mol. The summed E-state index contributed by atoms with van der Waals surface area (Å²) in [5.74, 6) is 0.136. The van der Waals surface area contributed by atoms with Gasteiger partial charge in [-0.25, -0.2) is 5.48 Å². The minimum absolute atomic E-state index is 0.120. The van der Waals surface area contributed by atoms with Gasteiger partial charge in [0.15, 0.2) is 0 Å². The van der Waals surface area contributed by atoms with Crippen molar-refractivity contribution in [3.8, 4) is 11.5 Å². The van der Waals surface area contributed by atoms with Crippen LogP contribution in [-0.2, 0) is 4.79 Å².